The molecule has 0 aliphatic carbocycles. The molecule has 1 aromatic carbocycles. The predicted molar refractivity (Wildman–Crippen MR) is 73.0 cm³/mol. The zero-order chi connectivity index (χ0) is 13.3. The number of aryl methyl sites for hydroxylation is 2. The highest BCUT2D eigenvalue weighted by Gasteiger charge is 2.15. The Morgan fingerprint density at radius 1 is 1.22 bits per heavy atom. The fraction of sp³-hybridized carbons (Fsp3) is 0.429. The summed E-state index contributed by atoms with van der Waals surface area (Å²) in [5.41, 5.74) is 5.63. The van der Waals surface area contributed by atoms with Gasteiger partial charge in [-0.15, -0.1) is 5.10 Å². The van der Waals surface area contributed by atoms with Crippen LogP contribution in [0.25, 0.3) is 5.69 Å². The molecular weight excluding hydrogens is 224 g/mol. The summed E-state index contributed by atoms with van der Waals surface area (Å²) in [4.78, 5) is 0. The molecule has 18 heavy (non-hydrogen) atoms. The van der Waals surface area contributed by atoms with Crippen LogP contribution in [0.5, 0.6) is 0 Å². The zero-order valence-electron chi connectivity index (χ0n) is 11.7. The molecule has 4 nitrogen and oxygen atoms in total. The highest BCUT2D eigenvalue weighted by molar-refractivity contribution is 5.43. The van der Waals surface area contributed by atoms with Gasteiger partial charge >= 0.3 is 0 Å². The molecular formula is C14H20N4. The third kappa shape index (κ3) is 2.16. The van der Waals surface area contributed by atoms with Gasteiger partial charge in [-0.1, -0.05) is 17.3 Å². The molecule has 2 aromatic rings. The summed E-state index contributed by atoms with van der Waals surface area (Å²) in [6.07, 6.45) is 0. The number of hydrogen-bond donors (Lipinski definition) is 1. The van der Waals surface area contributed by atoms with Crippen LogP contribution in [0.2, 0.25) is 0 Å². The quantitative estimate of drug-likeness (QED) is 0.902. The van der Waals surface area contributed by atoms with Crippen molar-refractivity contribution in [1.29, 1.82) is 0 Å². The molecule has 0 fully saturated rings. The van der Waals surface area contributed by atoms with Gasteiger partial charge in [-0.3, -0.25) is 0 Å². The Morgan fingerprint density at radius 3 is 2.61 bits per heavy atom. The van der Waals surface area contributed by atoms with E-state index in [1.165, 1.54) is 11.1 Å². The Hall–Kier alpha value is -1.68. The molecule has 4 heteroatoms. The standard InChI is InChI=1S/C14H20N4/c1-9-6-7-10(2)13(8-9)18-12(4)14(16-17-18)11(3)15-5/h6-8,11,15H,1-5H3. The first kappa shape index (κ1) is 12.8. The van der Waals surface area contributed by atoms with E-state index in [1.54, 1.807) is 0 Å². The SMILES string of the molecule is CNC(C)c1nnn(-c2cc(C)ccc2C)c1C. The van der Waals surface area contributed by atoms with Gasteiger partial charge in [0, 0.05) is 0 Å². The van der Waals surface area contributed by atoms with Crippen molar-refractivity contribution < 1.29 is 0 Å². The van der Waals surface area contributed by atoms with Crippen LogP contribution in [0.1, 0.15) is 35.5 Å². The molecule has 1 N–H and O–H groups in total. The molecule has 1 atom stereocenters. The molecule has 0 bridgehead atoms. The number of rotatable bonds is 3. The minimum Gasteiger partial charge on any atom is -0.312 e. The van der Waals surface area contributed by atoms with Gasteiger partial charge in [-0.2, -0.15) is 0 Å². The van der Waals surface area contributed by atoms with Crippen molar-refractivity contribution in [3.8, 4) is 5.69 Å². The first-order valence-electron chi connectivity index (χ1n) is 6.21. The van der Waals surface area contributed by atoms with Gasteiger partial charge in [-0.05, 0) is 51.9 Å². The summed E-state index contributed by atoms with van der Waals surface area (Å²) in [6, 6.07) is 6.59. The molecule has 0 radical (unpaired) electrons. The van der Waals surface area contributed by atoms with E-state index in [0.29, 0.717) is 0 Å². The average Bonchev–Trinajstić information content (AvgIpc) is 2.73. The molecule has 96 valence electrons. The van der Waals surface area contributed by atoms with E-state index in [-0.39, 0.29) is 6.04 Å². The van der Waals surface area contributed by atoms with Crippen molar-refractivity contribution >= 4 is 0 Å². The Labute approximate surface area is 108 Å². The van der Waals surface area contributed by atoms with Crippen molar-refractivity contribution in [1.82, 2.24) is 20.3 Å². The van der Waals surface area contributed by atoms with Crippen LogP contribution in [0, 0.1) is 20.8 Å². The second kappa shape index (κ2) is 4.90. The van der Waals surface area contributed by atoms with Gasteiger partial charge in [-0.25, -0.2) is 4.68 Å². The van der Waals surface area contributed by atoms with E-state index < -0.39 is 0 Å². The minimum absolute atomic E-state index is 0.212. The van der Waals surface area contributed by atoms with E-state index in [1.807, 2.05) is 11.7 Å². The van der Waals surface area contributed by atoms with Gasteiger partial charge in [0.2, 0.25) is 0 Å². The molecule has 1 unspecified atom stereocenters. The summed E-state index contributed by atoms with van der Waals surface area (Å²) in [5.74, 6) is 0. The van der Waals surface area contributed by atoms with Crippen LogP contribution in [0.15, 0.2) is 18.2 Å². The topological polar surface area (TPSA) is 42.7 Å². The van der Waals surface area contributed by atoms with Crippen molar-refractivity contribution in [2.45, 2.75) is 33.7 Å². The summed E-state index contributed by atoms with van der Waals surface area (Å²) in [6.45, 7) is 8.33. The summed E-state index contributed by atoms with van der Waals surface area (Å²) in [7, 11) is 1.93. The number of benzene rings is 1. The largest absolute Gasteiger partial charge is 0.312 e. The van der Waals surface area contributed by atoms with Crippen molar-refractivity contribution in [2.24, 2.45) is 0 Å². The third-order valence-electron chi connectivity index (χ3n) is 3.37. The first-order valence-corrected chi connectivity index (χ1v) is 6.21. The Kier molecular flexibility index (Phi) is 3.48. The van der Waals surface area contributed by atoms with Crippen LogP contribution in [0.3, 0.4) is 0 Å². The Bertz CT molecular complexity index is 557. The second-order valence-corrected chi connectivity index (χ2v) is 4.77. The summed E-state index contributed by atoms with van der Waals surface area (Å²) < 4.78 is 1.92. The normalized spacial score (nSPS) is 12.7. The molecule has 0 aliphatic heterocycles. The lowest BCUT2D eigenvalue weighted by Gasteiger charge is -2.10. The number of nitrogens with one attached hydrogen (secondary N) is 1. The minimum atomic E-state index is 0.212. The van der Waals surface area contributed by atoms with Crippen LogP contribution in [-0.4, -0.2) is 22.0 Å². The average molecular weight is 244 g/mol. The molecule has 1 heterocycles. The molecule has 0 spiro atoms. The lowest BCUT2D eigenvalue weighted by molar-refractivity contribution is 0.627. The lowest BCUT2D eigenvalue weighted by atomic mass is 10.1. The molecule has 0 saturated carbocycles. The molecule has 0 aliphatic rings. The molecule has 0 saturated heterocycles. The van der Waals surface area contributed by atoms with Crippen LogP contribution in [-0.2, 0) is 0 Å². The van der Waals surface area contributed by atoms with Crippen LogP contribution in [0.4, 0.5) is 0 Å². The Morgan fingerprint density at radius 2 is 1.94 bits per heavy atom. The van der Waals surface area contributed by atoms with E-state index in [9.17, 15) is 0 Å². The molecule has 2 rings (SSSR count). The summed E-state index contributed by atoms with van der Waals surface area (Å²) in [5, 5.41) is 11.8. The van der Waals surface area contributed by atoms with Crippen molar-refractivity contribution in [3.05, 3.63) is 40.7 Å². The monoisotopic (exact) mass is 244 g/mol. The van der Waals surface area contributed by atoms with Crippen LogP contribution >= 0.6 is 0 Å². The number of aromatic nitrogens is 3. The Balaban J connectivity index is 2.52. The maximum absolute atomic E-state index is 4.28. The zero-order valence-corrected chi connectivity index (χ0v) is 11.7. The molecule has 0 amide bonds. The predicted octanol–water partition coefficient (Wildman–Crippen LogP) is 2.47. The van der Waals surface area contributed by atoms with Crippen LogP contribution < -0.4 is 5.32 Å². The summed E-state index contributed by atoms with van der Waals surface area (Å²) >= 11 is 0. The first-order chi connectivity index (χ1) is 8.54. The van der Waals surface area contributed by atoms with Crippen molar-refractivity contribution in [2.75, 3.05) is 7.05 Å². The highest BCUT2D eigenvalue weighted by Crippen LogP contribution is 2.20. The second-order valence-electron chi connectivity index (χ2n) is 4.77. The highest BCUT2D eigenvalue weighted by atomic mass is 15.4. The van der Waals surface area contributed by atoms with Crippen molar-refractivity contribution in [3.63, 3.8) is 0 Å². The maximum Gasteiger partial charge on any atom is 0.103 e. The lowest BCUT2D eigenvalue weighted by Crippen LogP contribution is -2.14. The molecule has 1 aromatic heterocycles. The van der Waals surface area contributed by atoms with Gasteiger partial charge in [0.05, 0.1) is 17.4 Å². The van der Waals surface area contributed by atoms with Gasteiger partial charge in [0.1, 0.15) is 5.69 Å². The number of hydrogen-bond acceptors (Lipinski definition) is 3. The number of nitrogens with zero attached hydrogens (tertiary/aromatic N) is 3. The maximum atomic E-state index is 4.28. The third-order valence-corrected chi connectivity index (χ3v) is 3.37. The fourth-order valence-corrected chi connectivity index (χ4v) is 2.05. The van der Waals surface area contributed by atoms with E-state index in [4.69, 9.17) is 0 Å². The van der Waals surface area contributed by atoms with E-state index >= 15 is 0 Å². The fourth-order valence-electron chi connectivity index (χ4n) is 2.05. The van der Waals surface area contributed by atoms with Gasteiger partial charge in [0.15, 0.2) is 0 Å². The van der Waals surface area contributed by atoms with E-state index in [0.717, 1.165) is 17.1 Å². The van der Waals surface area contributed by atoms with E-state index in [2.05, 4.69) is 61.5 Å². The van der Waals surface area contributed by atoms with Gasteiger partial charge < -0.3 is 5.32 Å². The smallest absolute Gasteiger partial charge is 0.103 e. The van der Waals surface area contributed by atoms with Gasteiger partial charge in [0.25, 0.3) is 0 Å².